The van der Waals surface area contributed by atoms with Crippen molar-refractivity contribution in [3.63, 3.8) is 0 Å². The van der Waals surface area contributed by atoms with Crippen LogP contribution in [0.2, 0.25) is 0 Å². The van der Waals surface area contributed by atoms with Crippen LogP contribution in [0.15, 0.2) is 36.7 Å². The molecule has 30 heavy (non-hydrogen) atoms. The van der Waals surface area contributed by atoms with Gasteiger partial charge in [-0.2, -0.15) is 13.2 Å². The molecule has 0 aromatic carbocycles. The lowest BCUT2D eigenvalue weighted by Gasteiger charge is -2.15. The van der Waals surface area contributed by atoms with E-state index in [9.17, 15) is 22.7 Å². The second-order valence-electron chi connectivity index (χ2n) is 6.67. The number of nitrogens with zero attached hydrogens (tertiary/aromatic N) is 3. The first-order valence-electron chi connectivity index (χ1n) is 9.68. The largest absolute Gasteiger partial charge is 0.418 e. The number of nitrogens with one attached hydrogen (secondary N) is 2. The number of rotatable bonds is 4. The molecule has 1 aliphatic heterocycles. The zero-order chi connectivity index (χ0) is 21.9. The average Bonchev–Trinajstić information content (AvgIpc) is 3.37. The maximum Gasteiger partial charge on any atom is 0.418 e. The Morgan fingerprint density at radius 3 is 2.70 bits per heavy atom. The SMILES string of the molecule is CC.OC(c1ccc2ncc(-c3cc(F)cc(NC4CCNC4)n3)n2c1)C(F)(F)F. The maximum atomic E-state index is 14.1. The molecule has 1 fully saturated rings. The minimum absolute atomic E-state index is 0.123. The van der Waals surface area contributed by atoms with Gasteiger partial charge in [-0.15, -0.1) is 0 Å². The lowest BCUT2D eigenvalue weighted by atomic mass is 10.1. The molecule has 0 amide bonds. The summed E-state index contributed by atoms with van der Waals surface area (Å²) in [5.74, 6) is -0.190. The smallest absolute Gasteiger partial charge is 0.379 e. The number of fused-ring (bicyclic) bond motifs is 1. The van der Waals surface area contributed by atoms with Gasteiger partial charge in [0.15, 0.2) is 6.10 Å². The minimum Gasteiger partial charge on any atom is -0.379 e. The van der Waals surface area contributed by atoms with E-state index in [0.29, 0.717) is 17.2 Å². The van der Waals surface area contributed by atoms with Crippen LogP contribution in [0.1, 0.15) is 31.9 Å². The number of pyridine rings is 2. The summed E-state index contributed by atoms with van der Waals surface area (Å²) in [6.45, 7) is 5.60. The van der Waals surface area contributed by atoms with Crippen LogP contribution in [-0.4, -0.2) is 44.8 Å². The van der Waals surface area contributed by atoms with Crippen molar-refractivity contribution >= 4 is 11.5 Å². The van der Waals surface area contributed by atoms with Gasteiger partial charge in [-0.1, -0.05) is 19.9 Å². The van der Waals surface area contributed by atoms with Gasteiger partial charge < -0.3 is 15.7 Å². The van der Waals surface area contributed by atoms with E-state index in [1.165, 1.54) is 28.8 Å². The molecule has 1 saturated heterocycles. The summed E-state index contributed by atoms with van der Waals surface area (Å²) >= 11 is 0. The summed E-state index contributed by atoms with van der Waals surface area (Å²) in [6, 6.07) is 5.09. The average molecular weight is 425 g/mol. The number of aliphatic hydroxyl groups is 1. The van der Waals surface area contributed by atoms with E-state index in [1.807, 2.05) is 13.8 Å². The monoisotopic (exact) mass is 425 g/mol. The molecular formula is C20H23F4N5O. The fourth-order valence-corrected chi connectivity index (χ4v) is 3.23. The summed E-state index contributed by atoms with van der Waals surface area (Å²) in [4.78, 5) is 8.52. The van der Waals surface area contributed by atoms with Crippen molar-refractivity contribution in [1.29, 1.82) is 0 Å². The Balaban J connectivity index is 0.00000124. The second kappa shape index (κ2) is 8.97. The van der Waals surface area contributed by atoms with Crippen LogP contribution >= 0.6 is 0 Å². The molecule has 0 bridgehead atoms. The molecule has 1 aliphatic rings. The third-order valence-corrected chi connectivity index (χ3v) is 4.62. The number of hydrogen-bond acceptors (Lipinski definition) is 5. The topological polar surface area (TPSA) is 74.5 Å². The summed E-state index contributed by atoms with van der Waals surface area (Å²) in [5, 5.41) is 15.9. The van der Waals surface area contributed by atoms with Gasteiger partial charge in [-0.25, -0.2) is 14.4 Å². The van der Waals surface area contributed by atoms with Crippen LogP contribution in [0.25, 0.3) is 17.0 Å². The number of imidazole rings is 1. The molecule has 3 aromatic rings. The Hall–Kier alpha value is -2.72. The first kappa shape index (κ1) is 22.0. The first-order chi connectivity index (χ1) is 14.3. The second-order valence-corrected chi connectivity index (χ2v) is 6.67. The van der Waals surface area contributed by atoms with Crippen molar-refractivity contribution in [2.75, 3.05) is 18.4 Å². The Bertz CT molecular complexity index is 999. The fraction of sp³-hybridized carbons (Fsp3) is 0.400. The Kier molecular flexibility index (Phi) is 6.57. The Morgan fingerprint density at radius 2 is 2.03 bits per heavy atom. The van der Waals surface area contributed by atoms with E-state index in [-0.39, 0.29) is 17.3 Å². The molecule has 2 atom stereocenters. The molecule has 3 N–H and O–H groups in total. The minimum atomic E-state index is -4.79. The van der Waals surface area contributed by atoms with Crippen LogP contribution in [0.4, 0.5) is 23.4 Å². The highest BCUT2D eigenvalue weighted by Gasteiger charge is 2.39. The van der Waals surface area contributed by atoms with Gasteiger partial charge in [0, 0.05) is 36.5 Å². The molecule has 4 heterocycles. The van der Waals surface area contributed by atoms with Crippen LogP contribution in [0, 0.1) is 5.82 Å². The van der Waals surface area contributed by atoms with Crippen LogP contribution in [0.3, 0.4) is 0 Å². The van der Waals surface area contributed by atoms with E-state index >= 15 is 0 Å². The van der Waals surface area contributed by atoms with Gasteiger partial charge in [0.2, 0.25) is 0 Å². The van der Waals surface area contributed by atoms with Gasteiger partial charge in [0.25, 0.3) is 0 Å². The van der Waals surface area contributed by atoms with E-state index in [1.54, 1.807) is 0 Å². The molecule has 3 aromatic heterocycles. The lowest BCUT2D eigenvalue weighted by molar-refractivity contribution is -0.206. The summed E-state index contributed by atoms with van der Waals surface area (Å²) in [6.07, 6.45) is -4.00. The van der Waals surface area contributed by atoms with Crippen molar-refractivity contribution in [2.45, 2.75) is 38.6 Å². The van der Waals surface area contributed by atoms with Gasteiger partial charge in [-0.05, 0) is 19.0 Å². The van der Waals surface area contributed by atoms with Crippen molar-refractivity contribution in [3.05, 3.63) is 48.0 Å². The Morgan fingerprint density at radius 1 is 1.27 bits per heavy atom. The number of hydrogen-bond donors (Lipinski definition) is 3. The zero-order valence-electron chi connectivity index (χ0n) is 16.5. The normalized spacial score (nSPS) is 17.5. The molecule has 162 valence electrons. The highest BCUT2D eigenvalue weighted by atomic mass is 19.4. The van der Waals surface area contributed by atoms with Crippen molar-refractivity contribution in [3.8, 4) is 11.4 Å². The zero-order valence-corrected chi connectivity index (χ0v) is 16.5. The number of aliphatic hydroxyl groups excluding tert-OH is 1. The molecule has 0 spiro atoms. The third kappa shape index (κ3) is 4.71. The highest BCUT2D eigenvalue weighted by Crippen LogP contribution is 2.33. The van der Waals surface area contributed by atoms with Gasteiger partial charge in [-0.3, -0.25) is 4.40 Å². The van der Waals surface area contributed by atoms with Crippen molar-refractivity contribution in [2.24, 2.45) is 0 Å². The van der Waals surface area contributed by atoms with Gasteiger partial charge >= 0.3 is 6.18 Å². The van der Waals surface area contributed by atoms with Crippen molar-refractivity contribution in [1.82, 2.24) is 19.7 Å². The van der Waals surface area contributed by atoms with E-state index in [4.69, 9.17) is 0 Å². The molecule has 0 aliphatic carbocycles. The van der Waals surface area contributed by atoms with Crippen LogP contribution < -0.4 is 10.6 Å². The molecule has 2 unspecified atom stereocenters. The van der Waals surface area contributed by atoms with E-state index in [0.717, 1.165) is 31.8 Å². The van der Waals surface area contributed by atoms with Crippen molar-refractivity contribution < 1.29 is 22.7 Å². The lowest BCUT2D eigenvalue weighted by Crippen LogP contribution is -2.22. The van der Waals surface area contributed by atoms with E-state index in [2.05, 4.69) is 20.6 Å². The predicted octanol–water partition coefficient (Wildman–Crippen LogP) is 3.93. The maximum absolute atomic E-state index is 14.1. The summed E-state index contributed by atoms with van der Waals surface area (Å²) in [5.41, 5.74) is 0.553. The van der Waals surface area contributed by atoms with E-state index < -0.39 is 18.1 Å². The molecule has 4 rings (SSSR count). The van der Waals surface area contributed by atoms with Gasteiger partial charge in [0.1, 0.15) is 17.3 Å². The fourth-order valence-electron chi connectivity index (χ4n) is 3.23. The third-order valence-electron chi connectivity index (χ3n) is 4.62. The highest BCUT2D eigenvalue weighted by molar-refractivity contribution is 5.62. The standard InChI is InChI=1S/C18H17F4N5O.C2H6/c19-11-5-13(26-15(6-11)25-12-3-4-23-7-12)14-8-24-16-2-1-10(9-27(14)16)17(28)18(20,21)22;1-2/h1-2,5-6,8-9,12,17,23,28H,3-4,7H2,(H,25,26);1-2H3. The molecular weight excluding hydrogens is 402 g/mol. The summed E-state index contributed by atoms with van der Waals surface area (Å²) < 4.78 is 54.0. The number of alkyl halides is 3. The molecule has 0 radical (unpaired) electrons. The van der Waals surface area contributed by atoms with Crippen LogP contribution in [0.5, 0.6) is 0 Å². The quantitative estimate of drug-likeness (QED) is 0.553. The first-order valence-corrected chi connectivity index (χ1v) is 9.68. The Labute approximate surface area is 171 Å². The number of aromatic nitrogens is 3. The molecule has 6 nitrogen and oxygen atoms in total. The number of anilines is 1. The van der Waals surface area contributed by atoms with Crippen LogP contribution in [-0.2, 0) is 0 Å². The number of halogens is 4. The van der Waals surface area contributed by atoms with Gasteiger partial charge in [0.05, 0.1) is 17.6 Å². The molecule has 10 heteroatoms. The molecule has 0 saturated carbocycles. The summed E-state index contributed by atoms with van der Waals surface area (Å²) in [7, 11) is 0. The predicted molar refractivity (Wildman–Crippen MR) is 106 cm³/mol.